The number of aromatic nitrogens is 1. The van der Waals surface area contributed by atoms with Gasteiger partial charge in [-0.2, -0.15) is 0 Å². The molecule has 6 heteroatoms. The molecule has 0 radical (unpaired) electrons. The number of rotatable bonds is 4. The maximum atomic E-state index is 13.3. The van der Waals surface area contributed by atoms with Gasteiger partial charge in [-0.25, -0.2) is 4.98 Å². The van der Waals surface area contributed by atoms with Gasteiger partial charge in [0, 0.05) is 26.1 Å². The molecule has 2 aliphatic rings. The summed E-state index contributed by atoms with van der Waals surface area (Å²) in [5.74, 6) is 0.347. The first-order valence-electron chi connectivity index (χ1n) is 10.1. The summed E-state index contributed by atoms with van der Waals surface area (Å²) >= 11 is 1.70. The standard InChI is InChI=1S/C21H27N3O2S/c1-2-7-19(25)23-12-5-8-15(14-23)21(26)24-13-6-10-17(24)20-22-16-9-3-4-11-18(16)27-20/h3-4,9,11,15,17H,2,5-8,10,12-14H2,1H3. The van der Waals surface area contributed by atoms with Crippen molar-refractivity contribution in [2.24, 2.45) is 5.92 Å². The van der Waals surface area contributed by atoms with Gasteiger partial charge in [-0.05, 0) is 44.2 Å². The van der Waals surface area contributed by atoms with Crippen LogP contribution < -0.4 is 0 Å². The fourth-order valence-corrected chi connectivity index (χ4v) is 5.45. The van der Waals surface area contributed by atoms with Gasteiger partial charge in [-0.1, -0.05) is 19.1 Å². The van der Waals surface area contributed by atoms with Crippen molar-refractivity contribution in [3.63, 3.8) is 0 Å². The second-order valence-electron chi connectivity index (χ2n) is 7.64. The van der Waals surface area contributed by atoms with E-state index in [1.54, 1.807) is 11.3 Å². The molecule has 0 bridgehead atoms. The maximum absolute atomic E-state index is 13.3. The van der Waals surface area contributed by atoms with E-state index in [4.69, 9.17) is 4.98 Å². The summed E-state index contributed by atoms with van der Waals surface area (Å²) in [6.07, 6.45) is 5.26. The molecule has 4 rings (SSSR count). The Labute approximate surface area is 164 Å². The number of hydrogen-bond donors (Lipinski definition) is 0. The van der Waals surface area contributed by atoms with E-state index in [1.807, 2.05) is 34.9 Å². The second kappa shape index (κ2) is 7.97. The van der Waals surface area contributed by atoms with Crippen molar-refractivity contribution >= 4 is 33.4 Å². The molecule has 2 saturated heterocycles. The number of benzene rings is 1. The average molecular weight is 386 g/mol. The largest absolute Gasteiger partial charge is 0.342 e. The first kappa shape index (κ1) is 18.4. The van der Waals surface area contributed by atoms with Crippen molar-refractivity contribution in [1.29, 1.82) is 0 Å². The van der Waals surface area contributed by atoms with Gasteiger partial charge in [-0.3, -0.25) is 9.59 Å². The number of amides is 2. The highest BCUT2D eigenvalue weighted by Gasteiger charge is 2.37. The molecule has 0 aliphatic carbocycles. The van der Waals surface area contributed by atoms with Crippen molar-refractivity contribution in [2.75, 3.05) is 19.6 Å². The molecule has 1 aromatic carbocycles. The fourth-order valence-electron chi connectivity index (χ4n) is 4.33. The Hall–Kier alpha value is -1.95. The number of nitrogens with zero attached hydrogens (tertiary/aromatic N) is 3. The Balaban J connectivity index is 1.49. The predicted octanol–water partition coefficient (Wildman–Crippen LogP) is 4.00. The Morgan fingerprint density at radius 3 is 2.81 bits per heavy atom. The van der Waals surface area contributed by atoms with Crippen LogP contribution in [0.1, 0.15) is 56.5 Å². The summed E-state index contributed by atoms with van der Waals surface area (Å²) in [5.41, 5.74) is 1.02. The number of para-hydroxylation sites is 1. The highest BCUT2D eigenvalue weighted by molar-refractivity contribution is 7.18. The Morgan fingerprint density at radius 2 is 2.00 bits per heavy atom. The zero-order valence-electron chi connectivity index (χ0n) is 15.9. The third-order valence-electron chi connectivity index (χ3n) is 5.72. The van der Waals surface area contributed by atoms with Crippen LogP contribution in [0.2, 0.25) is 0 Å². The zero-order valence-corrected chi connectivity index (χ0v) is 16.7. The van der Waals surface area contributed by atoms with Gasteiger partial charge in [0.2, 0.25) is 11.8 Å². The number of carbonyl (C=O) groups is 2. The van der Waals surface area contributed by atoms with E-state index in [9.17, 15) is 9.59 Å². The fraction of sp³-hybridized carbons (Fsp3) is 0.571. The normalized spacial score (nSPS) is 23.1. The average Bonchev–Trinajstić information content (AvgIpc) is 3.34. The number of piperidine rings is 1. The molecule has 2 aromatic rings. The minimum absolute atomic E-state index is 0.0606. The summed E-state index contributed by atoms with van der Waals surface area (Å²) < 4.78 is 1.18. The lowest BCUT2D eigenvalue weighted by Gasteiger charge is -2.35. The summed E-state index contributed by atoms with van der Waals surface area (Å²) in [6.45, 7) is 4.21. The monoisotopic (exact) mass is 385 g/mol. The summed E-state index contributed by atoms with van der Waals surface area (Å²) in [6, 6.07) is 8.26. The summed E-state index contributed by atoms with van der Waals surface area (Å²) in [5, 5.41) is 1.05. The van der Waals surface area contributed by atoms with E-state index in [2.05, 4.69) is 6.07 Å². The van der Waals surface area contributed by atoms with Crippen LogP contribution in [0.3, 0.4) is 0 Å². The second-order valence-corrected chi connectivity index (χ2v) is 8.70. The SMILES string of the molecule is CCCC(=O)N1CCCC(C(=O)N2CCCC2c2nc3ccccc3s2)C1. The molecule has 0 spiro atoms. The van der Waals surface area contributed by atoms with Gasteiger partial charge in [0.1, 0.15) is 5.01 Å². The Morgan fingerprint density at radius 1 is 1.19 bits per heavy atom. The maximum Gasteiger partial charge on any atom is 0.228 e. The van der Waals surface area contributed by atoms with Gasteiger partial charge in [0.25, 0.3) is 0 Å². The van der Waals surface area contributed by atoms with E-state index in [1.165, 1.54) is 4.70 Å². The summed E-state index contributed by atoms with van der Waals surface area (Å²) in [7, 11) is 0. The van der Waals surface area contributed by atoms with Crippen LogP contribution in [0.4, 0.5) is 0 Å². The quantitative estimate of drug-likeness (QED) is 0.799. The molecular weight excluding hydrogens is 358 g/mol. The van der Waals surface area contributed by atoms with Crippen molar-refractivity contribution < 1.29 is 9.59 Å². The molecule has 2 unspecified atom stereocenters. The van der Waals surface area contributed by atoms with Crippen LogP contribution in [0.15, 0.2) is 24.3 Å². The number of hydrogen-bond acceptors (Lipinski definition) is 4. The summed E-state index contributed by atoms with van der Waals surface area (Å²) in [4.78, 5) is 34.3. The highest BCUT2D eigenvalue weighted by atomic mass is 32.1. The van der Waals surface area contributed by atoms with Gasteiger partial charge < -0.3 is 9.80 Å². The third-order valence-corrected chi connectivity index (χ3v) is 6.86. The minimum atomic E-state index is -0.0606. The molecule has 0 saturated carbocycles. The molecule has 2 aliphatic heterocycles. The predicted molar refractivity (Wildman–Crippen MR) is 108 cm³/mol. The number of fused-ring (bicyclic) bond motifs is 1. The van der Waals surface area contributed by atoms with Crippen molar-refractivity contribution in [1.82, 2.24) is 14.8 Å². The number of thiazole rings is 1. The van der Waals surface area contributed by atoms with Crippen LogP contribution in [0.25, 0.3) is 10.2 Å². The van der Waals surface area contributed by atoms with Gasteiger partial charge in [0.05, 0.1) is 22.2 Å². The van der Waals surface area contributed by atoms with Gasteiger partial charge in [-0.15, -0.1) is 11.3 Å². The molecule has 144 valence electrons. The highest BCUT2D eigenvalue weighted by Crippen LogP contribution is 2.38. The van der Waals surface area contributed by atoms with E-state index < -0.39 is 0 Å². The molecule has 2 amide bonds. The van der Waals surface area contributed by atoms with Gasteiger partial charge >= 0.3 is 0 Å². The number of likely N-dealkylation sites (tertiary alicyclic amines) is 2. The lowest BCUT2D eigenvalue weighted by molar-refractivity contribution is -0.141. The Kier molecular flexibility index (Phi) is 5.43. The molecule has 1 aromatic heterocycles. The van der Waals surface area contributed by atoms with E-state index in [0.717, 1.165) is 55.7 Å². The van der Waals surface area contributed by atoms with E-state index >= 15 is 0 Å². The topological polar surface area (TPSA) is 53.5 Å². The van der Waals surface area contributed by atoms with Crippen molar-refractivity contribution in [2.45, 2.75) is 51.5 Å². The third kappa shape index (κ3) is 3.72. The van der Waals surface area contributed by atoms with Crippen LogP contribution in [-0.2, 0) is 9.59 Å². The van der Waals surface area contributed by atoms with E-state index in [0.29, 0.717) is 13.0 Å². The molecular formula is C21H27N3O2S. The molecule has 3 heterocycles. The zero-order chi connectivity index (χ0) is 18.8. The van der Waals surface area contributed by atoms with Crippen LogP contribution in [-0.4, -0.2) is 46.2 Å². The van der Waals surface area contributed by atoms with Crippen molar-refractivity contribution in [3.05, 3.63) is 29.3 Å². The van der Waals surface area contributed by atoms with E-state index in [-0.39, 0.29) is 23.8 Å². The molecule has 0 N–H and O–H groups in total. The number of carbonyl (C=O) groups excluding carboxylic acids is 2. The molecule has 2 atom stereocenters. The molecule has 2 fully saturated rings. The van der Waals surface area contributed by atoms with Crippen LogP contribution in [0, 0.1) is 5.92 Å². The van der Waals surface area contributed by atoms with Crippen LogP contribution in [0.5, 0.6) is 0 Å². The van der Waals surface area contributed by atoms with Crippen molar-refractivity contribution in [3.8, 4) is 0 Å². The Bertz CT molecular complexity index is 801. The molecule has 27 heavy (non-hydrogen) atoms. The van der Waals surface area contributed by atoms with Crippen LogP contribution >= 0.6 is 11.3 Å². The first-order valence-corrected chi connectivity index (χ1v) is 10.9. The first-order chi connectivity index (χ1) is 13.2. The van der Waals surface area contributed by atoms with Gasteiger partial charge in [0.15, 0.2) is 0 Å². The molecule has 5 nitrogen and oxygen atoms in total. The lowest BCUT2D eigenvalue weighted by Crippen LogP contribution is -2.46. The minimum Gasteiger partial charge on any atom is -0.342 e. The lowest BCUT2D eigenvalue weighted by atomic mass is 9.95. The smallest absolute Gasteiger partial charge is 0.228 e.